The van der Waals surface area contributed by atoms with E-state index in [0.717, 1.165) is 24.1 Å². The van der Waals surface area contributed by atoms with Crippen LogP contribution >= 0.6 is 0 Å². The molecule has 3 nitrogen and oxygen atoms in total. The van der Waals surface area contributed by atoms with Gasteiger partial charge in [-0.05, 0) is 35.7 Å². The van der Waals surface area contributed by atoms with Gasteiger partial charge in [0.15, 0.2) is 0 Å². The predicted molar refractivity (Wildman–Crippen MR) is 81.2 cm³/mol. The van der Waals surface area contributed by atoms with Crippen molar-refractivity contribution in [2.24, 2.45) is 0 Å². The molecule has 0 unspecified atom stereocenters. The first-order valence-electron chi connectivity index (χ1n) is 6.84. The highest BCUT2D eigenvalue weighted by Gasteiger charge is 2.03. The first kappa shape index (κ1) is 14.1. The SMILES string of the molecule is CCCc1ccccc1NCc1ccc(C(=O)O)cc1. The Morgan fingerprint density at radius 3 is 2.45 bits per heavy atom. The third-order valence-corrected chi connectivity index (χ3v) is 3.22. The summed E-state index contributed by atoms with van der Waals surface area (Å²) in [5.41, 5.74) is 3.86. The molecule has 0 aliphatic carbocycles. The molecular formula is C17H19NO2. The Morgan fingerprint density at radius 1 is 1.10 bits per heavy atom. The van der Waals surface area contributed by atoms with Crippen LogP contribution in [0.2, 0.25) is 0 Å². The lowest BCUT2D eigenvalue weighted by molar-refractivity contribution is 0.0697. The molecule has 0 heterocycles. The van der Waals surface area contributed by atoms with Crippen LogP contribution in [-0.2, 0) is 13.0 Å². The number of anilines is 1. The molecule has 20 heavy (non-hydrogen) atoms. The summed E-state index contributed by atoms with van der Waals surface area (Å²) >= 11 is 0. The summed E-state index contributed by atoms with van der Waals surface area (Å²) in [6.45, 7) is 2.86. The summed E-state index contributed by atoms with van der Waals surface area (Å²) < 4.78 is 0. The molecule has 0 saturated heterocycles. The quantitative estimate of drug-likeness (QED) is 0.834. The number of carboxylic acids is 1. The van der Waals surface area contributed by atoms with Gasteiger partial charge in [-0.3, -0.25) is 0 Å². The largest absolute Gasteiger partial charge is 0.478 e. The zero-order valence-corrected chi connectivity index (χ0v) is 11.6. The van der Waals surface area contributed by atoms with Crippen molar-refractivity contribution in [1.29, 1.82) is 0 Å². The number of aryl methyl sites for hydroxylation is 1. The number of carboxylic acid groups (broad SMARTS) is 1. The van der Waals surface area contributed by atoms with Crippen molar-refractivity contribution in [2.45, 2.75) is 26.3 Å². The topological polar surface area (TPSA) is 49.3 Å². The predicted octanol–water partition coefficient (Wildman–Crippen LogP) is 3.95. The Bertz CT molecular complexity index is 576. The Morgan fingerprint density at radius 2 is 1.80 bits per heavy atom. The van der Waals surface area contributed by atoms with E-state index in [2.05, 4.69) is 30.4 Å². The van der Waals surface area contributed by atoms with Crippen LogP contribution in [0.15, 0.2) is 48.5 Å². The minimum Gasteiger partial charge on any atom is -0.478 e. The monoisotopic (exact) mass is 269 g/mol. The van der Waals surface area contributed by atoms with E-state index in [4.69, 9.17) is 5.11 Å². The average molecular weight is 269 g/mol. The number of carbonyl (C=O) groups is 1. The minimum atomic E-state index is -0.891. The Balaban J connectivity index is 2.03. The van der Waals surface area contributed by atoms with Crippen LogP contribution in [0.3, 0.4) is 0 Å². The molecule has 2 rings (SSSR count). The summed E-state index contributed by atoms with van der Waals surface area (Å²) in [6, 6.07) is 15.3. The van der Waals surface area contributed by atoms with Crippen LogP contribution in [0.25, 0.3) is 0 Å². The summed E-state index contributed by atoms with van der Waals surface area (Å²) in [6.07, 6.45) is 2.17. The highest BCUT2D eigenvalue weighted by molar-refractivity contribution is 5.87. The van der Waals surface area contributed by atoms with Gasteiger partial charge in [0.25, 0.3) is 0 Å². The molecule has 0 atom stereocenters. The summed E-state index contributed by atoms with van der Waals surface area (Å²) in [5, 5.41) is 12.3. The maximum absolute atomic E-state index is 10.8. The summed E-state index contributed by atoms with van der Waals surface area (Å²) in [7, 11) is 0. The van der Waals surface area contributed by atoms with Crippen molar-refractivity contribution in [3.05, 3.63) is 65.2 Å². The van der Waals surface area contributed by atoms with Crippen LogP contribution < -0.4 is 5.32 Å². The summed E-state index contributed by atoms with van der Waals surface area (Å²) in [5.74, 6) is -0.891. The van der Waals surface area contributed by atoms with E-state index >= 15 is 0 Å². The Labute approximate surface area is 119 Å². The molecule has 3 heteroatoms. The fourth-order valence-corrected chi connectivity index (χ4v) is 2.14. The normalized spacial score (nSPS) is 10.2. The van der Waals surface area contributed by atoms with Crippen LogP contribution in [0.4, 0.5) is 5.69 Å². The van der Waals surface area contributed by atoms with Gasteiger partial charge in [0.05, 0.1) is 5.56 Å². The van der Waals surface area contributed by atoms with E-state index < -0.39 is 5.97 Å². The van der Waals surface area contributed by atoms with Gasteiger partial charge in [0.1, 0.15) is 0 Å². The maximum atomic E-state index is 10.8. The lowest BCUT2D eigenvalue weighted by atomic mass is 10.1. The van der Waals surface area contributed by atoms with Gasteiger partial charge in [-0.25, -0.2) is 4.79 Å². The van der Waals surface area contributed by atoms with Crippen LogP contribution in [0, 0.1) is 0 Å². The highest BCUT2D eigenvalue weighted by Crippen LogP contribution is 2.18. The van der Waals surface area contributed by atoms with E-state index in [9.17, 15) is 4.79 Å². The van der Waals surface area contributed by atoms with Crippen molar-refractivity contribution in [2.75, 3.05) is 5.32 Å². The van der Waals surface area contributed by atoms with Gasteiger partial charge in [0.2, 0.25) is 0 Å². The Kier molecular flexibility index (Phi) is 4.77. The van der Waals surface area contributed by atoms with Gasteiger partial charge in [-0.2, -0.15) is 0 Å². The molecule has 0 fully saturated rings. The van der Waals surface area contributed by atoms with E-state index in [1.165, 1.54) is 5.56 Å². The molecule has 0 radical (unpaired) electrons. The van der Waals surface area contributed by atoms with E-state index in [1.807, 2.05) is 18.2 Å². The molecule has 0 aliphatic rings. The van der Waals surface area contributed by atoms with Crippen molar-refractivity contribution in [3.63, 3.8) is 0 Å². The molecular weight excluding hydrogens is 250 g/mol. The van der Waals surface area contributed by atoms with Crippen molar-refractivity contribution >= 4 is 11.7 Å². The average Bonchev–Trinajstić information content (AvgIpc) is 2.47. The third-order valence-electron chi connectivity index (χ3n) is 3.22. The maximum Gasteiger partial charge on any atom is 0.335 e. The third kappa shape index (κ3) is 3.60. The van der Waals surface area contributed by atoms with Gasteiger partial charge in [-0.1, -0.05) is 43.7 Å². The van der Waals surface area contributed by atoms with E-state index in [0.29, 0.717) is 12.1 Å². The number of hydrogen-bond donors (Lipinski definition) is 2. The molecule has 2 N–H and O–H groups in total. The molecule has 0 spiro atoms. The molecule has 0 saturated carbocycles. The van der Waals surface area contributed by atoms with Gasteiger partial charge >= 0.3 is 5.97 Å². The van der Waals surface area contributed by atoms with E-state index in [1.54, 1.807) is 12.1 Å². The van der Waals surface area contributed by atoms with Crippen LogP contribution in [0.5, 0.6) is 0 Å². The van der Waals surface area contributed by atoms with E-state index in [-0.39, 0.29) is 0 Å². The van der Waals surface area contributed by atoms with Crippen LogP contribution in [0.1, 0.15) is 34.8 Å². The van der Waals surface area contributed by atoms with Gasteiger partial charge < -0.3 is 10.4 Å². The molecule has 104 valence electrons. The number of para-hydroxylation sites is 1. The van der Waals surface area contributed by atoms with Crippen molar-refractivity contribution in [1.82, 2.24) is 0 Å². The van der Waals surface area contributed by atoms with Crippen molar-refractivity contribution < 1.29 is 9.90 Å². The summed E-state index contributed by atoms with van der Waals surface area (Å²) in [4.78, 5) is 10.8. The molecule has 0 amide bonds. The second kappa shape index (κ2) is 6.75. The molecule has 2 aromatic carbocycles. The second-order valence-electron chi connectivity index (χ2n) is 4.76. The highest BCUT2D eigenvalue weighted by atomic mass is 16.4. The van der Waals surface area contributed by atoms with Crippen molar-refractivity contribution in [3.8, 4) is 0 Å². The number of hydrogen-bond acceptors (Lipinski definition) is 2. The lowest BCUT2D eigenvalue weighted by Gasteiger charge is -2.11. The van der Waals surface area contributed by atoms with Gasteiger partial charge in [-0.15, -0.1) is 0 Å². The molecule has 0 aromatic heterocycles. The molecule has 2 aromatic rings. The fraction of sp³-hybridized carbons (Fsp3) is 0.235. The zero-order valence-electron chi connectivity index (χ0n) is 11.6. The number of nitrogens with one attached hydrogen (secondary N) is 1. The number of benzene rings is 2. The number of rotatable bonds is 6. The molecule has 0 aliphatic heterocycles. The molecule has 0 bridgehead atoms. The second-order valence-corrected chi connectivity index (χ2v) is 4.76. The Hall–Kier alpha value is -2.29. The fourth-order valence-electron chi connectivity index (χ4n) is 2.14. The minimum absolute atomic E-state index is 0.320. The smallest absolute Gasteiger partial charge is 0.335 e. The lowest BCUT2D eigenvalue weighted by Crippen LogP contribution is -2.03. The first-order chi connectivity index (χ1) is 9.70. The van der Waals surface area contributed by atoms with Gasteiger partial charge in [0, 0.05) is 12.2 Å². The zero-order chi connectivity index (χ0) is 14.4. The standard InChI is InChI=1S/C17H19NO2/c1-2-5-14-6-3-4-7-16(14)18-12-13-8-10-15(11-9-13)17(19)20/h3-4,6-11,18H,2,5,12H2,1H3,(H,19,20). The first-order valence-corrected chi connectivity index (χ1v) is 6.84. The van der Waals surface area contributed by atoms with Crippen LogP contribution in [-0.4, -0.2) is 11.1 Å². The number of aromatic carboxylic acids is 1.